The average Bonchev–Trinajstić information content (AvgIpc) is 2.38. The fourth-order valence-corrected chi connectivity index (χ4v) is 1.55. The monoisotopic (exact) mass is 249 g/mol. The van der Waals surface area contributed by atoms with Crippen LogP contribution < -0.4 is 5.32 Å². The van der Waals surface area contributed by atoms with E-state index in [1.807, 2.05) is 25.1 Å². The van der Waals surface area contributed by atoms with Crippen LogP contribution in [-0.2, 0) is 20.7 Å². The molecule has 18 heavy (non-hydrogen) atoms. The van der Waals surface area contributed by atoms with Crippen LogP contribution in [-0.4, -0.2) is 19.0 Å². The molecule has 0 atom stereocenters. The molecule has 0 aliphatic heterocycles. The predicted octanol–water partition coefficient (Wildman–Crippen LogP) is 2.45. The van der Waals surface area contributed by atoms with E-state index in [9.17, 15) is 9.59 Å². The molecule has 0 aromatic heterocycles. The molecule has 0 aliphatic carbocycles. The Kier molecular flexibility index (Phi) is 5.36. The molecule has 0 bridgehead atoms. The van der Waals surface area contributed by atoms with Crippen LogP contribution in [0, 0.1) is 6.92 Å². The van der Waals surface area contributed by atoms with Gasteiger partial charge < -0.3 is 10.1 Å². The number of ether oxygens (including phenoxy) is 1. The minimum Gasteiger partial charge on any atom is -0.469 e. The smallest absolute Gasteiger partial charge is 0.306 e. The number of rotatable bonds is 5. The summed E-state index contributed by atoms with van der Waals surface area (Å²) >= 11 is 0. The van der Waals surface area contributed by atoms with Gasteiger partial charge >= 0.3 is 5.97 Å². The second kappa shape index (κ2) is 6.79. The molecule has 1 aromatic rings. The fraction of sp³-hybridized carbons (Fsp3) is 0.429. The third-order valence-corrected chi connectivity index (χ3v) is 2.77. The second-order valence-electron chi connectivity index (χ2n) is 4.13. The molecule has 0 saturated carbocycles. The number of methoxy groups -OCH3 is 1. The molecular weight excluding hydrogens is 230 g/mol. The van der Waals surface area contributed by atoms with Crippen LogP contribution in [0.25, 0.3) is 0 Å². The Balaban J connectivity index is 2.61. The van der Waals surface area contributed by atoms with Crippen molar-refractivity contribution in [2.45, 2.75) is 33.1 Å². The molecule has 4 heteroatoms. The number of carbonyl (C=O) groups excluding carboxylic acids is 2. The first-order valence-electron chi connectivity index (χ1n) is 6.03. The number of hydrogen-bond donors (Lipinski definition) is 1. The Morgan fingerprint density at radius 1 is 1.28 bits per heavy atom. The number of anilines is 1. The zero-order chi connectivity index (χ0) is 13.5. The van der Waals surface area contributed by atoms with Crippen LogP contribution >= 0.6 is 0 Å². The van der Waals surface area contributed by atoms with E-state index in [0.717, 1.165) is 17.7 Å². The van der Waals surface area contributed by atoms with Crippen molar-refractivity contribution < 1.29 is 14.3 Å². The van der Waals surface area contributed by atoms with Crippen molar-refractivity contribution >= 4 is 17.6 Å². The van der Waals surface area contributed by atoms with E-state index in [4.69, 9.17) is 0 Å². The quantitative estimate of drug-likeness (QED) is 0.815. The third-order valence-electron chi connectivity index (χ3n) is 2.77. The molecule has 0 unspecified atom stereocenters. The maximum Gasteiger partial charge on any atom is 0.306 e. The van der Waals surface area contributed by atoms with Gasteiger partial charge in [0, 0.05) is 12.1 Å². The lowest BCUT2D eigenvalue weighted by atomic mass is 10.1. The van der Waals surface area contributed by atoms with Gasteiger partial charge in [-0.25, -0.2) is 0 Å². The van der Waals surface area contributed by atoms with E-state index in [1.54, 1.807) is 0 Å². The summed E-state index contributed by atoms with van der Waals surface area (Å²) in [6.45, 7) is 4.00. The van der Waals surface area contributed by atoms with E-state index in [1.165, 1.54) is 12.7 Å². The van der Waals surface area contributed by atoms with Gasteiger partial charge in [-0.15, -0.1) is 0 Å². The maximum absolute atomic E-state index is 11.7. The Hall–Kier alpha value is -1.84. The number of hydrogen-bond acceptors (Lipinski definition) is 3. The molecule has 0 saturated heterocycles. The summed E-state index contributed by atoms with van der Waals surface area (Å²) in [5.74, 6) is -0.541. The van der Waals surface area contributed by atoms with Gasteiger partial charge in [0.05, 0.1) is 13.5 Å². The number of benzene rings is 1. The van der Waals surface area contributed by atoms with Gasteiger partial charge in [0.25, 0.3) is 0 Å². The van der Waals surface area contributed by atoms with E-state index < -0.39 is 0 Å². The largest absolute Gasteiger partial charge is 0.469 e. The molecule has 0 fully saturated rings. The SMILES string of the molecule is CCc1ccc(C)c(NC(=O)CCC(=O)OC)c1. The first kappa shape index (κ1) is 14.2. The molecule has 0 heterocycles. The minimum absolute atomic E-state index is 0.106. The predicted molar refractivity (Wildman–Crippen MR) is 70.4 cm³/mol. The highest BCUT2D eigenvalue weighted by Crippen LogP contribution is 2.17. The van der Waals surface area contributed by atoms with Gasteiger partial charge in [0.15, 0.2) is 0 Å². The Labute approximate surface area is 107 Å². The number of esters is 1. The molecular formula is C14H19NO3. The number of amides is 1. The summed E-state index contributed by atoms with van der Waals surface area (Å²) < 4.78 is 4.49. The lowest BCUT2D eigenvalue weighted by Gasteiger charge is -2.09. The van der Waals surface area contributed by atoms with E-state index >= 15 is 0 Å². The molecule has 1 rings (SSSR count). The fourth-order valence-electron chi connectivity index (χ4n) is 1.55. The van der Waals surface area contributed by atoms with Gasteiger partial charge in [-0.05, 0) is 30.5 Å². The summed E-state index contributed by atoms with van der Waals surface area (Å²) in [7, 11) is 1.31. The van der Waals surface area contributed by atoms with E-state index in [2.05, 4.69) is 17.0 Å². The Morgan fingerprint density at radius 2 is 2.00 bits per heavy atom. The highest BCUT2D eigenvalue weighted by Gasteiger charge is 2.08. The first-order chi connectivity index (χ1) is 8.56. The summed E-state index contributed by atoms with van der Waals surface area (Å²) in [6, 6.07) is 5.99. The van der Waals surface area contributed by atoms with Gasteiger partial charge in [-0.3, -0.25) is 9.59 Å². The number of nitrogens with one attached hydrogen (secondary N) is 1. The molecule has 0 aliphatic rings. The zero-order valence-corrected chi connectivity index (χ0v) is 11.1. The lowest BCUT2D eigenvalue weighted by molar-refractivity contribution is -0.141. The number of carbonyl (C=O) groups is 2. The molecule has 4 nitrogen and oxygen atoms in total. The topological polar surface area (TPSA) is 55.4 Å². The van der Waals surface area contributed by atoms with E-state index in [0.29, 0.717) is 0 Å². The third kappa shape index (κ3) is 4.20. The molecule has 1 aromatic carbocycles. The number of aryl methyl sites for hydroxylation is 2. The molecule has 98 valence electrons. The van der Waals surface area contributed by atoms with E-state index in [-0.39, 0.29) is 24.7 Å². The van der Waals surface area contributed by atoms with Crippen LogP contribution in [0.5, 0.6) is 0 Å². The molecule has 0 radical (unpaired) electrons. The zero-order valence-electron chi connectivity index (χ0n) is 11.1. The van der Waals surface area contributed by atoms with Crippen molar-refractivity contribution in [1.29, 1.82) is 0 Å². The van der Waals surface area contributed by atoms with Crippen molar-refractivity contribution in [3.05, 3.63) is 29.3 Å². The summed E-state index contributed by atoms with van der Waals surface area (Å²) in [5, 5.41) is 2.82. The van der Waals surface area contributed by atoms with Crippen LogP contribution in [0.3, 0.4) is 0 Å². The summed E-state index contributed by atoms with van der Waals surface area (Å²) in [6.07, 6.45) is 1.17. The van der Waals surface area contributed by atoms with Crippen LogP contribution in [0.1, 0.15) is 30.9 Å². The lowest BCUT2D eigenvalue weighted by Crippen LogP contribution is -2.14. The van der Waals surface area contributed by atoms with Crippen LogP contribution in [0.2, 0.25) is 0 Å². The molecule has 1 amide bonds. The Bertz CT molecular complexity index is 441. The molecule has 0 spiro atoms. The minimum atomic E-state index is -0.371. The van der Waals surface area contributed by atoms with Crippen molar-refractivity contribution in [1.82, 2.24) is 0 Å². The van der Waals surface area contributed by atoms with Gasteiger partial charge in [-0.1, -0.05) is 19.1 Å². The standard InChI is InChI=1S/C14H19NO3/c1-4-11-6-5-10(2)12(9-11)15-13(16)7-8-14(17)18-3/h5-6,9H,4,7-8H2,1-3H3,(H,15,16). The normalized spacial score (nSPS) is 9.94. The highest BCUT2D eigenvalue weighted by atomic mass is 16.5. The average molecular weight is 249 g/mol. The summed E-state index contributed by atoms with van der Waals surface area (Å²) in [5.41, 5.74) is 2.99. The van der Waals surface area contributed by atoms with Crippen LogP contribution in [0.15, 0.2) is 18.2 Å². The van der Waals surface area contributed by atoms with Gasteiger partial charge in [0.1, 0.15) is 0 Å². The Morgan fingerprint density at radius 3 is 2.61 bits per heavy atom. The maximum atomic E-state index is 11.7. The highest BCUT2D eigenvalue weighted by molar-refractivity contribution is 5.93. The van der Waals surface area contributed by atoms with Crippen molar-refractivity contribution in [3.8, 4) is 0 Å². The van der Waals surface area contributed by atoms with Gasteiger partial charge in [0.2, 0.25) is 5.91 Å². The first-order valence-corrected chi connectivity index (χ1v) is 6.03. The summed E-state index contributed by atoms with van der Waals surface area (Å²) in [4.78, 5) is 22.6. The van der Waals surface area contributed by atoms with Gasteiger partial charge in [-0.2, -0.15) is 0 Å². The van der Waals surface area contributed by atoms with Crippen LogP contribution in [0.4, 0.5) is 5.69 Å². The van der Waals surface area contributed by atoms with Crippen molar-refractivity contribution in [2.24, 2.45) is 0 Å². The van der Waals surface area contributed by atoms with Crippen molar-refractivity contribution in [2.75, 3.05) is 12.4 Å². The van der Waals surface area contributed by atoms with Crippen molar-refractivity contribution in [3.63, 3.8) is 0 Å². The molecule has 1 N–H and O–H groups in total. The second-order valence-corrected chi connectivity index (χ2v) is 4.13.